The maximum absolute atomic E-state index is 13.6. The van der Waals surface area contributed by atoms with Gasteiger partial charge in [0.25, 0.3) is 5.91 Å². The van der Waals surface area contributed by atoms with Gasteiger partial charge < -0.3 is 30.5 Å². The molecule has 3 aliphatic heterocycles. The lowest BCUT2D eigenvalue weighted by Crippen LogP contribution is -2.53. The first-order valence-electron chi connectivity index (χ1n) is 15.9. The smallest absolute Gasteiger partial charge is 0.255 e. The van der Waals surface area contributed by atoms with Crippen molar-refractivity contribution in [3.63, 3.8) is 0 Å². The molecule has 2 saturated heterocycles. The van der Waals surface area contributed by atoms with E-state index >= 15 is 0 Å². The van der Waals surface area contributed by atoms with Crippen LogP contribution in [0, 0.1) is 5.92 Å². The number of carbonyl (C=O) groups is 5. The maximum atomic E-state index is 13.6. The number of rotatable bonds is 7. The molecule has 2 aromatic carbocycles. The van der Waals surface area contributed by atoms with Gasteiger partial charge in [0.05, 0.1) is 18.0 Å². The predicted octanol–water partition coefficient (Wildman–Crippen LogP) is 2.53. The Kier molecular flexibility index (Phi) is 10.4. The largest absolute Gasteiger partial charge is 0.491 e. The van der Waals surface area contributed by atoms with Crippen LogP contribution in [-0.4, -0.2) is 77.2 Å². The van der Waals surface area contributed by atoms with Gasteiger partial charge in [-0.3, -0.25) is 24.0 Å². The van der Waals surface area contributed by atoms with Crippen LogP contribution in [0.15, 0.2) is 48.5 Å². The quantitative estimate of drug-likeness (QED) is 0.437. The highest BCUT2D eigenvalue weighted by molar-refractivity contribution is 6.01. The highest BCUT2D eigenvalue weighted by Crippen LogP contribution is 2.23. The fraction of sp³-hybridized carbons (Fsp3) is 0.500. The molecule has 3 atom stereocenters. The number of nitrogens with zero attached hydrogens (tertiary/aromatic N) is 2. The molecule has 11 nitrogen and oxygen atoms in total. The first-order valence-corrected chi connectivity index (χ1v) is 15.9. The van der Waals surface area contributed by atoms with Crippen LogP contribution in [-0.2, 0) is 32.3 Å². The van der Waals surface area contributed by atoms with Crippen LogP contribution >= 0.6 is 0 Å². The Morgan fingerprint density at radius 2 is 1.78 bits per heavy atom. The second-order valence-corrected chi connectivity index (χ2v) is 12.6. The molecule has 5 amide bonds. The van der Waals surface area contributed by atoms with E-state index in [4.69, 9.17) is 4.74 Å². The Morgan fingerprint density at radius 3 is 2.56 bits per heavy atom. The minimum Gasteiger partial charge on any atom is -0.491 e. The van der Waals surface area contributed by atoms with E-state index in [2.05, 4.69) is 29.8 Å². The fourth-order valence-corrected chi connectivity index (χ4v) is 6.32. The summed E-state index contributed by atoms with van der Waals surface area (Å²) in [6.45, 7) is 6.10. The molecule has 3 heterocycles. The van der Waals surface area contributed by atoms with E-state index in [9.17, 15) is 24.0 Å². The lowest BCUT2D eigenvalue weighted by molar-refractivity contribution is -0.140. The second-order valence-electron chi connectivity index (χ2n) is 12.6. The molecule has 240 valence electrons. The second kappa shape index (κ2) is 14.6. The summed E-state index contributed by atoms with van der Waals surface area (Å²) < 4.78 is 6.08. The Hall–Kier alpha value is -4.41. The van der Waals surface area contributed by atoms with E-state index in [1.807, 2.05) is 29.2 Å². The lowest BCUT2D eigenvalue weighted by atomic mass is 10.0. The third-order valence-electron chi connectivity index (χ3n) is 8.55. The summed E-state index contributed by atoms with van der Waals surface area (Å²) in [6, 6.07) is 12.3. The molecule has 11 heteroatoms. The average molecular weight is 618 g/mol. The molecule has 2 aromatic rings. The van der Waals surface area contributed by atoms with Crippen molar-refractivity contribution in [1.29, 1.82) is 0 Å². The average Bonchev–Trinajstić information content (AvgIpc) is 3.67. The van der Waals surface area contributed by atoms with Crippen molar-refractivity contribution in [2.24, 2.45) is 5.92 Å². The molecule has 0 saturated carbocycles. The van der Waals surface area contributed by atoms with Gasteiger partial charge in [-0.1, -0.05) is 50.2 Å². The van der Waals surface area contributed by atoms with Gasteiger partial charge in [-0.05, 0) is 54.9 Å². The Bertz CT molecular complexity index is 1430. The SMILES string of the molecule is CC(C)C[C@@H]1COc2ccccc2C(=O)N[C@H](C(=O)NCc2cccc(CN3CCCC3=O)c2)CC(=O)N2CCC[C@H]2C(=O)N1. The van der Waals surface area contributed by atoms with Gasteiger partial charge in [0, 0.05) is 32.6 Å². The molecule has 3 N–H and O–H groups in total. The molecule has 0 spiro atoms. The van der Waals surface area contributed by atoms with E-state index in [1.165, 1.54) is 4.90 Å². The third kappa shape index (κ3) is 8.20. The van der Waals surface area contributed by atoms with Gasteiger partial charge in [0.1, 0.15) is 24.4 Å². The highest BCUT2D eigenvalue weighted by atomic mass is 16.5. The molecular formula is C34H43N5O6. The van der Waals surface area contributed by atoms with Crippen LogP contribution in [0.3, 0.4) is 0 Å². The number of carbonyl (C=O) groups excluding carboxylic acids is 5. The molecule has 3 aliphatic rings. The van der Waals surface area contributed by atoms with Gasteiger partial charge in [0.2, 0.25) is 23.6 Å². The van der Waals surface area contributed by atoms with Crippen molar-refractivity contribution in [2.45, 2.75) is 83.6 Å². The molecule has 0 radical (unpaired) electrons. The van der Waals surface area contributed by atoms with E-state index in [0.29, 0.717) is 44.5 Å². The third-order valence-corrected chi connectivity index (χ3v) is 8.55. The van der Waals surface area contributed by atoms with Crippen molar-refractivity contribution < 1.29 is 28.7 Å². The molecular weight excluding hydrogens is 574 g/mol. The van der Waals surface area contributed by atoms with Gasteiger partial charge in [-0.2, -0.15) is 0 Å². The van der Waals surface area contributed by atoms with E-state index in [0.717, 1.165) is 24.1 Å². The summed E-state index contributed by atoms with van der Waals surface area (Å²) in [4.78, 5) is 69.5. The van der Waals surface area contributed by atoms with Gasteiger partial charge in [-0.25, -0.2) is 0 Å². The summed E-state index contributed by atoms with van der Waals surface area (Å²) in [5.41, 5.74) is 2.03. The minimum atomic E-state index is -1.18. The molecule has 0 bridgehead atoms. The topological polar surface area (TPSA) is 137 Å². The lowest BCUT2D eigenvalue weighted by Gasteiger charge is -2.29. The van der Waals surface area contributed by atoms with Crippen LogP contribution in [0.5, 0.6) is 5.75 Å². The summed E-state index contributed by atoms with van der Waals surface area (Å²) in [7, 11) is 0. The number of hydrogen-bond donors (Lipinski definition) is 3. The van der Waals surface area contributed by atoms with Gasteiger partial charge >= 0.3 is 0 Å². The zero-order valence-corrected chi connectivity index (χ0v) is 26.1. The molecule has 0 aliphatic carbocycles. The zero-order chi connectivity index (χ0) is 31.9. The van der Waals surface area contributed by atoms with Crippen LogP contribution in [0.2, 0.25) is 0 Å². The molecule has 5 rings (SSSR count). The number of ether oxygens (including phenoxy) is 1. The molecule has 2 fully saturated rings. The van der Waals surface area contributed by atoms with Crippen LogP contribution in [0.25, 0.3) is 0 Å². The van der Waals surface area contributed by atoms with Gasteiger partial charge in [-0.15, -0.1) is 0 Å². The number of likely N-dealkylation sites (tertiary alicyclic amines) is 1. The van der Waals surface area contributed by atoms with Gasteiger partial charge in [0.15, 0.2) is 0 Å². The first kappa shape index (κ1) is 32.0. The van der Waals surface area contributed by atoms with Crippen molar-refractivity contribution >= 4 is 29.5 Å². The number of para-hydroxylation sites is 1. The number of benzene rings is 2. The van der Waals surface area contributed by atoms with E-state index in [1.54, 1.807) is 24.3 Å². The Morgan fingerprint density at radius 1 is 0.978 bits per heavy atom. The predicted molar refractivity (Wildman–Crippen MR) is 167 cm³/mol. The number of hydrogen-bond acceptors (Lipinski definition) is 6. The summed E-state index contributed by atoms with van der Waals surface area (Å²) >= 11 is 0. The number of nitrogens with one attached hydrogen (secondary N) is 3. The summed E-state index contributed by atoms with van der Waals surface area (Å²) in [5, 5.41) is 8.72. The zero-order valence-electron chi connectivity index (χ0n) is 26.1. The fourth-order valence-electron chi connectivity index (χ4n) is 6.32. The van der Waals surface area contributed by atoms with Crippen molar-refractivity contribution in [2.75, 3.05) is 19.7 Å². The van der Waals surface area contributed by atoms with Crippen molar-refractivity contribution in [3.8, 4) is 5.75 Å². The monoisotopic (exact) mass is 617 g/mol. The first-order chi connectivity index (χ1) is 21.7. The standard InChI is InChI=1S/C34H43N5O6/c1-22(2)16-25-21-45-29-12-4-3-10-26(29)32(42)37-27(18-31(41)39-15-6-11-28(39)34(44)36-25)33(43)35-19-23-8-5-9-24(17-23)20-38-14-7-13-30(38)40/h3-5,8-10,12,17,22,25,27-28H,6-7,11,13-16,18-21H2,1-2H3,(H,35,43)(H,36,44)(H,37,42)/t25-,27+,28+/m1/s1. The maximum Gasteiger partial charge on any atom is 0.255 e. The van der Waals surface area contributed by atoms with Crippen LogP contribution in [0.1, 0.15) is 73.9 Å². The molecule has 0 aromatic heterocycles. The van der Waals surface area contributed by atoms with Crippen molar-refractivity contribution in [1.82, 2.24) is 25.8 Å². The van der Waals surface area contributed by atoms with Crippen LogP contribution < -0.4 is 20.7 Å². The summed E-state index contributed by atoms with van der Waals surface area (Å²) in [6.07, 6.45) is 3.00. The molecule has 0 unspecified atom stereocenters. The van der Waals surface area contributed by atoms with E-state index < -0.39 is 23.9 Å². The molecule has 45 heavy (non-hydrogen) atoms. The Labute approximate surface area is 264 Å². The normalized spacial score (nSPS) is 22.7. The number of amides is 5. The number of fused-ring (bicyclic) bond motifs is 2. The Balaban J connectivity index is 1.34. The van der Waals surface area contributed by atoms with E-state index in [-0.39, 0.29) is 54.8 Å². The summed E-state index contributed by atoms with van der Waals surface area (Å²) in [5.74, 6) is -0.892. The minimum absolute atomic E-state index is 0.142. The van der Waals surface area contributed by atoms with Crippen LogP contribution in [0.4, 0.5) is 0 Å². The highest BCUT2D eigenvalue weighted by Gasteiger charge is 2.37. The van der Waals surface area contributed by atoms with Crippen molar-refractivity contribution in [3.05, 3.63) is 65.2 Å².